The van der Waals surface area contributed by atoms with Crippen LogP contribution in [0, 0.1) is 5.82 Å². The van der Waals surface area contributed by atoms with E-state index in [0.717, 1.165) is 0 Å². The van der Waals surface area contributed by atoms with Gasteiger partial charge < -0.3 is 14.5 Å². The lowest BCUT2D eigenvalue weighted by molar-refractivity contribution is -0.140. The third-order valence-electron chi connectivity index (χ3n) is 3.00. The number of carbonyl (C=O) groups excluding carboxylic acids is 2. The molecule has 0 aliphatic carbocycles. The standard InChI is InChI=1S/C17H16FNO4/c1-22-17(21)11-9-15-7-6-14(23-15)8-10-16(20)19-13-4-2-12(18)3-5-13/h2-8,10H,9,11H2,1H3,(H,19,20)/b10-8+. The van der Waals surface area contributed by atoms with Crippen molar-refractivity contribution < 1.29 is 23.1 Å². The van der Waals surface area contributed by atoms with Crippen LogP contribution in [0.15, 0.2) is 46.9 Å². The highest BCUT2D eigenvalue weighted by atomic mass is 19.1. The van der Waals surface area contributed by atoms with Gasteiger partial charge in [-0.2, -0.15) is 0 Å². The molecule has 23 heavy (non-hydrogen) atoms. The van der Waals surface area contributed by atoms with Gasteiger partial charge in [0.1, 0.15) is 17.3 Å². The van der Waals surface area contributed by atoms with E-state index < -0.39 is 0 Å². The number of hydrogen-bond acceptors (Lipinski definition) is 4. The summed E-state index contributed by atoms with van der Waals surface area (Å²) in [6, 6.07) is 8.91. The number of hydrogen-bond donors (Lipinski definition) is 1. The number of furan rings is 1. The molecular formula is C17H16FNO4. The van der Waals surface area contributed by atoms with E-state index in [-0.39, 0.29) is 24.1 Å². The Morgan fingerprint density at radius 3 is 2.65 bits per heavy atom. The monoisotopic (exact) mass is 317 g/mol. The number of halogens is 1. The summed E-state index contributed by atoms with van der Waals surface area (Å²) in [5.74, 6) is 0.100. The number of benzene rings is 1. The van der Waals surface area contributed by atoms with Crippen LogP contribution in [0.4, 0.5) is 10.1 Å². The van der Waals surface area contributed by atoms with Gasteiger partial charge >= 0.3 is 5.97 Å². The molecule has 1 N–H and O–H groups in total. The first-order valence-corrected chi connectivity index (χ1v) is 6.97. The molecule has 0 bridgehead atoms. The van der Waals surface area contributed by atoms with Gasteiger partial charge in [0, 0.05) is 18.2 Å². The molecule has 1 amide bonds. The summed E-state index contributed by atoms with van der Waals surface area (Å²) in [7, 11) is 1.33. The number of carbonyl (C=O) groups is 2. The number of anilines is 1. The van der Waals surface area contributed by atoms with Gasteiger partial charge in [0.2, 0.25) is 5.91 Å². The van der Waals surface area contributed by atoms with Gasteiger partial charge in [0.15, 0.2) is 0 Å². The van der Waals surface area contributed by atoms with Crippen molar-refractivity contribution in [2.24, 2.45) is 0 Å². The van der Waals surface area contributed by atoms with E-state index in [1.165, 1.54) is 43.5 Å². The van der Waals surface area contributed by atoms with E-state index in [2.05, 4.69) is 10.1 Å². The number of ether oxygens (including phenoxy) is 1. The minimum atomic E-state index is -0.367. The molecule has 0 saturated carbocycles. The lowest BCUT2D eigenvalue weighted by atomic mass is 10.2. The first-order chi connectivity index (χ1) is 11.1. The maximum Gasteiger partial charge on any atom is 0.305 e. The minimum Gasteiger partial charge on any atom is -0.469 e. The number of nitrogens with one attached hydrogen (secondary N) is 1. The Kier molecular flexibility index (Phi) is 5.68. The molecule has 0 fully saturated rings. The first kappa shape index (κ1) is 16.5. The van der Waals surface area contributed by atoms with Crippen molar-refractivity contribution in [2.75, 3.05) is 12.4 Å². The smallest absolute Gasteiger partial charge is 0.305 e. The van der Waals surface area contributed by atoms with Gasteiger partial charge in [-0.05, 0) is 42.5 Å². The molecule has 2 rings (SSSR count). The predicted molar refractivity (Wildman–Crippen MR) is 83.1 cm³/mol. The molecule has 0 unspecified atom stereocenters. The van der Waals surface area contributed by atoms with Crippen LogP contribution >= 0.6 is 0 Å². The second kappa shape index (κ2) is 7.93. The molecular weight excluding hydrogens is 301 g/mol. The third-order valence-corrected chi connectivity index (χ3v) is 3.00. The number of rotatable bonds is 6. The predicted octanol–water partition coefficient (Wildman–Crippen LogP) is 3.18. The number of amides is 1. The lowest BCUT2D eigenvalue weighted by Gasteiger charge is -2.00. The van der Waals surface area contributed by atoms with E-state index in [4.69, 9.17) is 4.42 Å². The van der Waals surface area contributed by atoms with E-state index in [1.54, 1.807) is 12.1 Å². The highest BCUT2D eigenvalue weighted by Crippen LogP contribution is 2.12. The van der Waals surface area contributed by atoms with Crippen LogP contribution in [0.1, 0.15) is 17.9 Å². The summed E-state index contributed by atoms with van der Waals surface area (Å²) >= 11 is 0. The molecule has 0 spiro atoms. The molecule has 0 radical (unpaired) electrons. The highest BCUT2D eigenvalue weighted by molar-refractivity contribution is 6.01. The average Bonchev–Trinajstić information content (AvgIpc) is 3.01. The van der Waals surface area contributed by atoms with Crippen molar-refractivity contribution in [3.05, 3.63) is 59.8 Å². The highest BCUT2D eigenvalue weighted by Gasteiger charge is 2.05. The SMILES string of the molecule is COC(=O)CCc1ccc(/C=C/C(=O)Nc2ccc(F)cc2)o1. The Bertz CT molecular complexity index is 704. The maximum absolute atomic E-state index is 12.8. The lowest BCUT2D eigenvalue weighted by Crippen LogP contribution is -2.07. The molecule has 5 nitrogen and oxygen atoms in total. The average molecular weight is 317 g/mol. The molecule has 120 valence electrons. The molecule has 0 aliphatic heterocycles. The number of esters is 1. The van der Waals surface area contributed by atoms with Crippen LogP contribution in [-0.4, -0.2) is 19.0 Å². The second-order valence-electron chi connectivity index (χ2n) is 4.71. The topological polar surface area (TPSA) is 68.5 Å². The van der Waals surface area contributed by atoms with Crippen molar-refractivity contribution in [1.82, 2.24) is 0 Å². The fraction of sp³-hybridized carbons (Fsp3) is 0.176. The van der Waals surface area contributed by atoms with Crippen molar-refractivity contribution in [3.8, 4) is 0 Å². The van der Waals surface area contributed by atoms with Gasteiger partial charge in [-0.15, -0.1) is 0 Å². The van der Waals surface area contributed by atoms with E-state index in [0.29, 0.717) is 23.6 Å². The summed E-state index contributed by atoms with van der Waals surface area (Å²) in [5, 5.41) is 2.60. The summed E-state index contributed by atoms with van der Waals surface area (Å²) in [5.41, 5.74) is 0.499. The zero-order chi connectivity index (χ0) is 16.7. The van der Waals surface area contributed by atoms with Crippen molar-refractivity contribution >= 4 is 23.6 Å². The van der Waals surface area contributed by atoms with Crippen LogP contribution < -0.4 is 5.32 Å². The van der Waals surface area contributed by atoms with Gasteiger partial charge in [-0.25, -0.2) is 4.39 Å². The first-order valence-electron chi connectivity index (χ1n) is 6.97. The third kappa shape index (κ3) is 5.43. The number of methoxy groups -OCH3 is 1. The Morgan fingerprint density at radius 1 is 1.22 bits per heavy atom. The van der Waals surface area contributed by atoms with Crippen molar-refractivity contribution in [3.63, 3.8) is 0 Å². The largest absolute Gasteiger partial charge is 0.469 e. The van der Waals surface area contributed by atoms with Gasteiger partial charge in [-0.3, -0.25) is 9.59 Å². The molecule has 6 heteroatoms. The Labute approximate surface area is 132 Å². The van der Waals surface area contributed by atoms with E-state index in [1.807, 2.05) is 0 Å². The quantitative estimate of drug-likeness (QED) is 0.656. The molecule has 2 aromatic rings. The van der Waals surface area contributed by atoms with Gasteiger partial charge in [0.25, 0.3) is 0 Å². The zero-order valence-electron chi connectivity index (χ0n) is 12.5. The fourth-order valence-corrected chi connectivity index (χ4v) is 1.82. The maximum atomic E-state index is 12.8. The van der Waals surface area contributed by atoms with Crippen LogP contribution in [-0.2, 0) is 20.7 Å². The second-order valence-corrected chi connectivity index (χ2v) is 4.71. The Morgan fingerprint density at radius 2 is 1.96 bits per heavy atom. The zero-order valence-corrected chi connectivity index (χ0v) is 12.5. The van der Waals surface area contributed by atoms with E-state index in [9.17, 15) is 14.0 Å². The van der Waals surface area contributed by atoms with Crippen LogP contribution in [0.2, 0.25) is 0 Å². The van der Waals surface area contributed by atoms with Gasteiger partial charge in [0.05, 0.1) is 13.5 Å². The molecule has 1 aromatic carbocycles. The van der Waals surface area contributed by atoms with E-state index >= 15 is 0 Å². The fourth-order valence-electron chi connectivity index (χ4n) is 1.82. The molecule has 0 atom stereocenters. The van der Waals surface area contributed by atoms with Crippen LogP contribution in [0.5, 0.6) is 0 Å². The number of aryl methyl sites for hydroxylation is 1. The molecule has 0 saturated heterocycles. The summed E-state index contributed by atoms with van der Waals surface area (Å²) in [4.78, 5) is 22.8. The normalized spacial score (nSPS) is 10.7. The summed E-state index contributed by atoms with van der Waals surface area (Å²) in [6.07, 6.45) is 3.49. The van der Waals surface area contributed by atoms with Crippen molar-refractivity contribution in [2.45, 2.75) is 12.8 Å². The summed E-state index contributed by atoms with van der Waals surface area (Å²) in [6.45, 7) is 0. The molecule has 1 heterocycles. The Hall–Kier alpha value is -2.89. The van der Waals surface area contributed by atoms with Crippen LogP contribution in [0.25, 0.3) is 6.08 Å². The van der Waals surface area contributed by atoms with Crippen LogP contribution in [0.3, 0.4) is 0 Å². The molecule has 0 aliphatic rings. The summed E-state index contributed by atoms with van der Waals surface area (Å²) < 4.78 is 22.8. The van der Waals surface area contributed by atoms with Crippen molar-refractivity contribution in [1.29, 1.82) is 0 Å². The Balaban J connectivity index is 1.87. The minimum absolute atomic E-state index is 0.234. The molecule has 1 aromatic heterocycles. The van der Waals surface area contributed by atoms with Gasteiger partial charge in [-0.1, -0.05) is 0 Å².